The van der Waals surface area contributed by atoms with E-state index < -0.39 is 0 Å². The van der Waals surface area contributed by atoms with Crippen LogP contribution < -0.4 is 5.32 Å². The van der Waals surface area contributed by atoms with E-state index in [-0.39, 0.29) is 23.5 Å². The Labute approximate surface area is 134 Å². The number of fused-ring (bicyclic) bond motifs is 1. The van der Waals surface area contributed by atoms with Crippen LogP contribution in [-0.2, 0) is 16.0 Å². The number of benzene rings is 1. The molecular formula is C17H21N3O3. The first-order valence-corrected chi connectivity index (χ1v) is 8.14. The molecule has 6 heteroatoms. The molecule has 23 heavy (non-hydrogen) atoms. The zero-order chi connectivity index (χ0) is 15.9. The molecule has 1 aliphatic heterocycles. The van der Waals surface area contributed by atoms with Crippen LogP contribution in [0.4, 0.5) is 0 Å². The molecule has 1 saturated carbocycles. The Morgan fingerprint density at radius 2 is 2.26 bits per heavy atom. The maximum Gasteiger partial charge on any atom is 0.224 e. The number of ether oxygens (including phenoxy) is 1. The van der Waals surface area contributed by atoms with E-state index in [1.807, 2.05) is 18.2 Å². The fraction of sp³-hybridized carbons (Fsp3) is 0.529. The second kappa shape index (κ2) is 5.62. The second-order valence-electron chi connectivity index (χ2n) is 6.69. The van der Waals surface area contributed by atoms with E-state index in [4.69, 9.17) is 4.74 Å². The highest BCUT2D eigenvalue weighted by atomic mass is 16.5. The molecule has 2 heterocycles. The molecule has 1 aromatic heterocycles. The number of rotatable bonds is 3. The summed E-state index contributed by atoms with van der Waals surface area (Å²) in [6.45, 7) is 1.33. The maximum atomic E-state index is 12.4. The first kappa shape index (κ1) is 14.7. The predicted molar refractivity (Wildman–Crippen MR) is 84.8 cm³/mol. The maximum absolute atomic E-state index is 12.4. The van der Waals surface area contributed by atoms with E-state index in [0.29, 0.717) is 26.1 Å². The van der Waals surface area contributed by atoms with Gasteiger partial charge >= 0.3 is 0 Å². The minimum Gasteiger partial charge on any atom is -0.392 e. The van der Waals surface area contributed by atoms with Gasteiger partial charge in [-0.2, -0.15) is 5.10 Å². The third kappa shape index (κ3) is 2.52. The number of nitrogens with zero attached hydrogens (tertiary/aromatic N) is 1. The molecule has 0 radical (unpaired) electrons. The third-order valence-corrected chi connectivity index (χ3v) is 5.45. The van der Waals surface area contributed by atoms with Crippen LogP contribution in [0.2, 0.25) is 0 Å². The van der Waals surface area contributed by atoms with E-state index in [0.717, 1.165) is 29.3 Å². The van der Waals surface area contributed by atoms with Gasteiger partial charge in [-0.3, -0.25) is 9.89 Å². The molecule has 2 aromatic rings. The average molecular weight is 315 g/mol. The second-order valence-corrected chi connectivity index (χ2v) is 6.69. The van der Waals surface area contributed by atoms with E-state index in [1.54, 1.807) is 6.20 Å². The number of aliphatic hydroxyl groups is 1. The molecule has 1 amide bonds. The Balaban J connectivity index is 1.41. The highest BCUT2D eigenvalue weighted by Gasteiger charge is 2.55. The largest absolute Gasteiger partial charge is 0.392 e. The molecule has 1 aliphatic carbocycles. The molecule has 2 atom stereocenters. The number of hydrogen-bond acceptors (Lipinski definition) is 4. The van der Waals surface area contributed by atoms with Crippen molar-refractivity contribution in [1.82, 2.24) is 15.5 Å². The van der Waals surface area contributed by atoms with Gasteiger partial charge in [-0.25, -0.2) is 0 Å². The fourth-order valence-electron chi connectivity index (χ4n) is 3.93. The van der Waals surface area contributed by atoms with Crippen LogP contribution in [0.15, 0.2) is 24.4 Å². The number of aromatic nitrogens is 2. The molecule has 3 N–H and O–H groups in total. The van der Waals surface area contributed by atoms with Crippen LogP contribution in [0.5, 0.6) is 0 Å². The first-order chi connectivity index (χ1) is 11.2. The molecule has 2 aliphatic rings. The molecule has 4 rings (SSSR count). The molecule has 122 valence electrons. The van der Waals surface area contributed by atoms with Crippen molar-refractivity contribution in [3.63, 3.8) is 0 Å². The van der Waals surface area contributed by atoms with Gasteiger partial charge in [-0.1, -0.05) is 12.1 Å². The van der Waals surface area contributed by atoms with Gasteiger partial charge in [0.1, 0.15) is 0 Å². The number of hydrogen-bond donors (Lipinski definition) is 3. The van der Waals surface area contributed by atoms with E-state index >= 15 is 0 Å². The van der Waals surface area contributed by atoms with E-state index in [9.17, 15) is 9.90 Å². The zero-order valence-electron chi connectivity index (χ0n) is 12.9. The number of H-pyrrole nitrogens is 1. The lowest BCUT2D eigenvalue weighted by Crippen LogP contribution is -2.65. The van der Waals surface area contributed by atoms with Crippen LogP contribution in [0.25, 0.3) is 10.9 Å². The lowest BCUT2D eigenvalue weighted by molar-refractivity contribution is -0.155. The molecule has 0 bridgehead atoms. The normalized spacial score (nSPS) is 26.1. The lowest BCUT2D eigenvalue weighted by Gasteiger charge is -2.55. The van der Waals surface area contributed by atoms with Crippen LogP contribution in [0, 0.1) is 5.41 Å². The quantitative estimate of drug-likeness (QED) is 0.793. The molecule has 0 unspecified atom stereocenters. The summed E-state index contributed by atoms with van der Waals surface area (Å²) in [5.41, 5.74) is 1.72. The van der Waals surface area contributed by atoms with Crippen molar-refractivity contribution in [1.29, 1.82) is 0 Å². The van der Waals surface area contributed by atoms with Gasteiger partial charge in [0.05, 0.1) is 24.2 Å². The molecule has 1 aromatic carbocycles. The predicted octanol–water partition coefficient (Wildman–Crippen LogP) is 1.15. The van der Waals surface area contributed by atoms with Crippen molar-refractivity contribution in [2.45, 2.75) is 37.8 Å². The van der Waals surface area contributed by atoms with E-state index in [2.05, 4.69) is 15.5 Å². The van der Waals surface area contributed by atoms with Crippen LogP contribution >= 0.6 is 0 Å². The number of carbonyl (C=O) groups is 1. The summed E-state index contributed by atoms with van der Waals surface area (Å²) >= 11 is 0. The monoisotopic (exact) mass is 315 g/mol. The van der Waals surface area contributed by atoms with Gasteiger partial charge in [0.15, 0.2) is 0 Å². The van der Waals surface area contributed by atoms with Crippen molar-refractivity contribution in [2.75, 3.05) is 13.2 Å². The Kier molecular flexibility index (Phi) is 3.58. The number of aliphatic hydroxyl groups excluding tert-OH is 1. The highest BCUT2D eigenvalue weighted by molar-refractivity contribution is 5.83. The van der Waals surface area contributed by atoms with Gasteiger partial charge in [0.2, 0.25) is 5.91 Å². The molecular weight excluding hydrogens is 294 g/mol. The third-order valence-electron chi connectivity index (χ3n) is 5.45. The van der Waals surface area contributed by atoms with Crippen molar-refractivity contribution in [3.05, 3.63) is 30.0 Å². The van der Waals surface area contributed by atoms with Crippen molar-refractivity contribution >= 4 is 16.8 Å². The van der Waals surface area contributed by atoms with Gasteiger partial charge in [-0.05, 0) is 30.9 Å². The molecule has 1 spiro atoms. The Morgan fingerprint density at radius 1 is 1.43 bits per heavy atom. The van der Waals surface area contributed by atoms with Gasteiger partial charge in [-0.15, -0.1) is 0 Å². The summed E-state index contributed by atoms with van der Waals surface area (Å²) in [7, 11) is 0. The average Bonchev–Trinajstić information content (AvgIpc) is 3.03. The lowest BCUT2D eigenvalue weighted by atomic mass is 9.58. The Morgan fingerprint density at radius 3 is 3.04 bits per heavy atom. The molecule has 6 nitrogen and oxygen atoms in total. The summed E-state index contributed by atoms with van der Waals surface area (Å²) in [5, 5.41) is 21.2. The first-order valence-electron chi connectivity index (χ1n) is 8.14. The number of amides is 1. The summed E-state index contributed by atoms with van der Waals surface area (Å²) in [6.07, 6.45) is 4.07. The van der Waals surface area contributed by atoms with Gasteiger partial charge in [0.25, 0.3) is 0 Å². The standard InChI is InChI=1S/C17H21N3O3/c21-15-9-14(17(15)3-5-23-6-4-17)19-16(22)8-11-1-2-12-10-18-20-13(12)7-11/h1-2,7,10,14-15,21H,3-6,8-9H2,(H,18,20)(H,19,22)/t14-,15-/m1/s1. The van der Waals surface area contributed by atoms with Gasteiger partial charge in [0, 0.05) is 30.1 Å². The topological polar surface area (TPSA) is 87.2 Å². The fourth-order valence-corrected chi connectivity index (χ4v) is 3.93. The number of aromatic amines is 1. The Bertz CT molecular complexity index is 721. The highest BCUT2D eigenvalue weighted by Crippen LogP contribution is 2.48. The number of carbonyl (C=O) groups excluding carboxylic acids is 1. The van der Waals surface area contributed by atoms with Crippen molar-refractivity contribution < 1.29 is 14.6 Å². The van der Waals surface area contributed by atoms with Crippen molar-refractivity contribution in [3.8, 4) is 0 Å². The van der Waals surface area contributed by atoms with Gasteiger partial charge < -0.3 is 15.2 Å². The minimum absolute atomic E-state index is 0.00614. The smallest absolute Gasteiger partial charge is 0.224 e. The Hall–Kier alpha value is -1.92. The van der Waals surface area contributed by atoms with E-state index in [1.165, 1.54) is 0 Å². The summed E-state index contributed by atoms with van der Waals surface area (Å²) in [6, 6.07) is 5.94. The SMILES string of the molecule is O=C(Cc1ccc2cn[nH]c2c1)N[C@@H]1C[C@@H](O)C12CCOCC2. The summed E-state index contributed by atoms with van der Waals surface area (Å²) < 4.78 is 5.40. The summed E-state index contributed by atoms with van der Waals surface area (Å²) in [5.74, 6) is 0.00614. The number of nitrogens with one attached hydrogen (secondary N) is 2. The van der Waals surface area contributed by atoms with Crippen LogP contribution in [0.1, 0.15) is 24.8 Å². The van der Waals surface area contributed by atoms with Crippen LogP contribution in [0.3, 0.4) is 0 Å². The summed E-state index contributed by atoms with van der Waals surface area (Å²) in [4.78, 5) is 12.4. The molecule has 1 saturated heterocycles. The zero-order valence-corrected chi connectivity index (χ0v) is 12.9. The van der Waals surface area contributed by atoms with Crippen molar-refractivity contribution in [2.24, 2.45) is 5.41 Å². The van der Waals surface area contributed by atoms with Crippen LogP contribution in [-0.4, -0.2) is 46.6 Å². The minimum atomic E-state index is -0.321. The molecule has 2 fully saturated rings.